The van der Waals surface area contributed by atoms with Gasteiger partial charge in [-0.1, -0.05) is 0 Å². The second-order valence-electron chi connectivity index (χ2n) is 6.14. The number of hydrogen-bond acceptors (Lipinski definition) is 6. The maximum Gasteiger partial charge on any atom is 0.254 e. The van der Waals surface area contributed by atoms with Crippen molar-refractivity contribution in [2.24, 2.45) is 0 Å². The second-order valence-corrected chi connectivity index (χ2v) is 6.14. The number of fused-ring (bicyclic) bond motifs is 2. The molecule has 3 aromatic rings. The number of hydrogen-bond donors (Lipinski definition) is 1. The van der Waals surface area contributed by atoms with Crippen molar-refractivity contribution in [3.63, 3.8) is 0 Å². The molecule has 8 heteroatoms. The van der Waals surface area contributed by atoms with Crippen molar-refractivity contribution in [2.45, 2.75) is 26.4 Å². The van der Waals surface area contributed by atoms with Gasteiger partial charge in [-0.25, -0.2) is 4.98 Å². The number of methoxy groups -OCH3 is 1. The molecule has 1 aliphatic rings. The number of nitrogens with one attached hydrogen (secondary N) is 1. The lowest BCUT2D eigenvalue weighted by Crippen LogP contribution is -2.34. The second kappa shape index (κ2) is 6.72. The highest BCUT2D eigenvalue weighted by Gasteiger charge is 2.22. The average molecular weight is 352 g/mol. The first kappa shape index (κ1) is 16.5. The van der Waals surface area contributed by atoms with Crippen LogP contribution in [0.3, 0.4) is 0 Å². The molecule has 4 rings (SSSR count). The molecule has 1 N–H and O–H groups in total. The van der Waals surface area contributed by atoms with Gasteiger partial charge in [-0.2, -0.15) is 14.6 Å². The summed E-state index contributed by atoms with van der Waals surface area (Å²) in [5, 5.41) is 7.61. The minimum absolute atomic E-state index is 0.184. The molecule has 0 saturated carbocycles. The van der Waals surface area contributed by atoms with E-state index in [0.717, 1.165) is 34.9 Å². The van der Waals surface area contributed by atoms with Crippen LogP contribution in [0.5, 0.6) is 0 Å². The van der Waals surface area contributed by atoms with E-state index in [0.29, 0.717) is 25.4 Å². The van der Waals surface area contributed by atoms with Crippen LogP contribution in [0, 0.1) is 0 Å². The van der Waals surface area contributed by atoms with Crippen LogP contribution in [0.4, 0.5) is 17.2 Å². The normalized spacial score (nSPS) is 13.9. The van der Waals surface area contributed by atoms with Crippen molar-refractivity contribution < 1.29 is 9.53 Å². The summed E-state index contributed by atoms with van der Waals surface area (Å²) in [6.07, 6.45) is 2.77. The van der Waals surface area contributed by atoms with Gasteiger partial charge in [0.2, 0.25) is 5.91 Å². The molecule has 2 aromatic heterocycles. The Bertz CT molecular complexity index is 967. The third-order valence-corrected chi connectivity index (χ3v) is 4.47. The van der Waals surface area contributed by atoms with E-state index in [9.17, 15) is 4.79 Å². The summed E-state index contributed by atoms with van der Waals surface area (Å²) < 4.78 is 6.84. The zero-order chi connectivity index (χ0) is 18.1. The number of anilines is 3. The molecule has 0 fully saturated rings. The van der Waals surface area contributed by atoms with Crippen LogP contribution in [-0.2, 0) is 22.6 Å². The number of carbonyl (C=O) groups excluding carboxylic acids is 1. The van der Waals surface area contributed by atoms with Crippen LogP contribution < -0.4 is 10.2 Å². The summed E-state index contributed by atoms with van der Waals surface area (Å²) in [4.78, 5) is 22.5. The number of ether oxygens (including phenoxy) is 1. The third kappa shape index (κ3) is 2.88. The largest absolute Gasteiger partial charge is 0.378 e. The zero-order valence-corrected chi connectivity index (χ0v) is 14.8. The van der Waals surface area contributed by atoms with Crippen molar-refractivity contribution in [2.75, 3.05) is 23.9 Å². The molecule has 0 bridgehead atoms. The molecule has 1 amide bonds. The average Bonchev–Trinajstić information content (AvgIpc) is 3.11. The van der Waals surface area contributed by atoms with E-state index < -0.39 is 0 Å². The van der Waals surface area contributed by atoms with Gasteiger partial charge in [0, 0.05) is 37.5 Å². The van der Waals surface area contributed by atoms with Gasteiger partial charge in [-0.3, -0.25) is 4.79 Å². The van der Waals surface area contributed by atoms with Gasteiger partial charge >= 0.3 is 0 Å². The van der Waals surface area contributed by atoms with Crippen molar-refractivity contribution in [1.29, 1.82) is 0 Å². The van der Waals surface area contributed by atoms with E-state index in [-0.39, 0.29) is 5.91 Å². The monoisotopic (exact) mass is 352 g/mol. The quantitative estimate of drug-likeness (QED) is 0.758. The highest BCUT2D eigenvalue weighted by atomic mass is 16.5. The van der Waals surface area contributed by atoms with Gasteiger partial charge < -0.3 is 15.0 Å². The molecule has 0 saturated heterocycles. The Morgan fingerprint density at radius 2 is 2.15 bits per heavy atom. The standard InChI is InChI=1S/C18H20N6O2/c1-3-23-15-6-5-13(8-12(15)4-7-17(23)25)21-16-9-14(10-26-2)22-18-19-11-20-24(16)18/h5-6,8-9,11,21H,3-4,7,10H2,1-2H3. The number of rotatable bonds is 5. The summed E-state index contributed by atoms with van der Waals surface area (Å²) >= 11 is 0. The number of aromatic nitrogens is 4. The van der Waals surface area contributed by atoms with E-state index in [1.807, 2.05) is 30.0 Å². The van der Waals surface area contributed by atoms with Gasteiger partial charge in [0.1, 0.15) is 12.1 Å². The Labute approximate surface area is 150 Å². The zero-order valence-electron chi connectivity index (χ0n) is 14.8. The van der Waals surface area contributed by atoms with Gasteiger partial charge in [0.15, 0.2) is 0 Å². The van der Waals surface area contributed by atoms with Crippen molar-refractivity contribution >= 4 is 28.9 Å². The van der Waals surface area contributed by atoms with Crippen LogP contribution in [0.2, 0.25) is 0 Å². The summed E-state index contributed by atoms with van der Waals surface area (Å²) in [7, 11) is 1.63. The van der Waals surface area contributed by atoms with E-state index in [4.69, 9.17) is 4.74 Å². The predicted octanol–water partition coefficient (Wildman–Crippen LogP) is 2.31. The lowest BCUT2D eigenvalue weighted by atomic mass is 10.0. The lowest BCUT2D eigenvalue weighted by Gasteiger charge is -2.28. The van der Waals surface area contributed by atoms with Gasteiger partial charge in [-0.15, -0.1) is 0 Å². The van der Waals surface area contributed by atoms with E-state index in [2.05, 4.69) is 26.4 Å². The van der Waals surface area contributed by atoms with Crippen LogP contribution in [0.25, 0.3) is 5.78 Å². The third-order valence-electron chi connectivity index (χ3n) is 4.47. The smallest absolute Gasteiger partial charge is 0.254 e. The minimum Gasteiger partial charge on any atom is -0.378 e. The Morgan fingerprint density at radius 3 is 2.96 bits per heavy atom. The predicted molar refractivity (Wildman–Crippen MR) is 97.6 cm³/mol. The first-order valence-electron chi connectivity index (χ1n) is 8.58. The summed E-state index contributed by atoms with van der Waals surface area (Å²) in [6.45, 7) is 3.08. The summed E-state index contributed by atoms with van der Waals surface area (Å²) in [6, 6.07) is 7.95. The lowest BCUT2D eigenvalue weighted by molar-refractivity contribution is -0.118. The summed E-state index contributed by atoms with van der Waals surface area (Å²) in [5.41, 5.74) is 3.86. The molecule has 0 unspecified atom stereocenters. The molecule has 0 aliphatic carbocycles. The first-order valence-corrected chi connectivity index (χ1v) is 8.58. The number of amides is 1. The highest BCUT2D eigenvalue weighted by Crippen LogP contribution is 2.31. The Hall–Kier alpha value is -3.00. The van der Waals surface area contributed by atoms with Crippen molar-refractivity contribution in [1.82, 2.24) is 19.6 Å². The van der Waals surface area contributed by atoms with Crippen LogP contribution in [0.15, 0.2) is 30.6 Å². The molecule has 134 valence electrons. The number of benzene rings is 1. The number of carbonyl (C=O) groups is 1. The highest BCUT2D eigenvalue weighted by molar-refractivity contribution is 5.96. The fourth-order valence-electron chi connectivity index (χ4n) is 3.30. The molecule has 1 aliphatic heterocycles. The Balaban J connectivity index is 1.69. The molecule has 1 aromatic carbocycles. The topological polar surface area (TPSA) is 84.7 Å². The van der Waals surface area contributed by atoms with Gasteiger partial charge in [0.05, 0.1) is 12.3 Å². The fourth-order valence-corrected chi connectivity index (χ4v) is 3.30. The van der Waals surface area contributed by atoms with E-state index >= 15 is 0 Å². The molecule has 8 nitrogen and oxygen atoms in total. The molecular formula is C18H20N6O2. The van der Waals surface area contributed by atoms with Gasteiger partial charge in [0.25, 0.3) is 5.78 Å². The fraction of sp³-hybridized carbons (Fsp3) is 0.333. The van der Waals surface area contributed by atoms with Crippen molar-refractivity contribution in [3.05, 3.63) is 41.9 Å². The first-order chi connectivity index (χ1) is 12.7. The molecule has 0 atom stereocenters. The number of nitrogens with zero attached hydrogens (tertiary/aromatic N) is 5. The maximum atomic E-state index is 12.1. The molecular weight excluding hydrogens is 332 g/mol. The SMILES string of the molecule is CCN1C(=O)CCc2cc(Nc3cc(COC)nc4ncnn34)ccc21. The van der Waals surface area contributed by atoms with E-state index in [1.165, 1.54) is 6.33 Å². The number of aryl methyl sites for hydroxylation is 1. The Morgan fingerprint density at radius 1 is 1.27 bits per heavy atom. The van der Waals surface area contributed by atoms with Crippen LogP contribution >= 0.6 is 0 Å². The van der Waals surface area contributed by atoms with Crippen LogP contribution in [0.1, 0.15) is 24.6 Å². The minimum atomic E-state index is 0.184. The molecule has 0 spiro atoms. The van der Waals surface area contributed by atoms with Gasteiger partial charge in [-0.05, 0) is 37.1 Å². The molecule has 26 heavy (non-hydrogen) atoms. The van der Waals surface area contributed by atoms with Crippen molar-refractivity contribution in [3.8, 4) is 0 Å². The summed E-state index contributed by atoms with van der Waals surface area (Å²) in [5.74, 6) is 1.46. The Kier molecular flexibility index (Phi) is 4.26. The van der Waals surface area contributed by atoms with Crippen LogP contribution in [-0.4, -0.2) is 39.1 Å². The maximum absolute atomic E-state index is 12.1. The molecule has 3 heterocycles. The van der Waals surface area contributed by atoms with E-state index in [1.54, 1.807) is 11.6 Å². The molecule has 0 radical (unpaired) electrons.